The van der Waals surface area contributed by atoms with Crippen molar-refractivity contribution in [2.75, 3.05) is 0 Å². The quantitative estimate of drug-likeness (QED) is 0.876. The normalized spacial score (nSPS) is 10.9. The van der Waals surface area contributed by atoms with Crippen molar-refractivity contribution in [2.24, 2.45) is 0 Å². The largest absolute Gasteiger partial charge is 0.444 e. The lowest BCUT2D eigenvalue weighted by molar-refractivity contribution is 0.0523. The van der Waals surface area contributed by atoms with E-state index in [1.54, 1.807) is 12.1 Å². The van der Waals surface area contributed by atoms with Gasteiger partial charge in [0.25, 0.3) is 0 Å². The zero-order valence-electron chi connectivity index (χ0n) is 13.5. The van der Waals surface area contributed by atoms with Gasteiger partial charge in [-0.1, -0.05) is 18.2 Å². The molecule has 5 nitrogen and oxygen atoms in total. The molecular weight excluding hydrogens is 292 g/mol. The predicted molar refractivity (Wildman–Crippen MR) is 88.1 cm³/mol. The molecule has 5 heteroatoms. The highest BCUT2D eigenvalue weighted by molar-refractivity contribution is 5.75. The number of hydrogen-bond donors (Lipinski definition) is 1. The summed E-state index contributed by atoms with van der Waals surface area (Å²) >= 11 is 0. The van der Waals surface area contributed by atoms with Gasteiger partial charge in [0.15, 0.2) is 6.29 Å². The summed E-state index contributed by atoms with van der Waals surface area (Å²) in [5.74, 6) is 0. The lowest BCUT2D eigenvalue weighted by Gasteiger charge is -2.19. The van der Waals surface area contributed by atoms with Crippen molar-refractivity contribution >= 4 is 12.4 Å². The van der Waals surface area contributed by atoms with Gasteiger partial charge >= 0.3 is 6.09 Å². The maximum Gasteiger partial charge on any atom is 0.407 e. The van der Waals surface area contributed by atoms with Gasteiger partial charge in [-0.3, -0.25) is 9.78 Å². The standard InChI is InChI=1S/C18H20N2O3/c1-18(2,3)23-17(22)20-10-13-5-4-6-15(9-13)16-8-7-14(12-21)11-19-16/h4-9,11-12H,10H2,1-3H3,(H,20,22). The molecule has 1 aromatic carbocycles. The fraction of sp³-hybridized carbons (Fsp3) is 0.278. The molecule has 2 aromatic rings. The Kier molecular flexibility index (Phi) is 5.11. The van der Waals surface area contributed by atoms with Crippen LogP contribution in [0.25, 0.3) is 11.3 Å². The van der Waals surface area contributed by atoms with Gasteiger partial charge in [0.05, 0.1) is 5.69 Å². The summed E-state index contributed by atoms with van der Waals surface area (Å²) in [7, 11) is 0. The number of nitrogens with one attached hydrogen (secondary N) is 1. The molecule has 0 spiro atoms. The van der Waals surface area contributed by atoms with Crippen LogP contribution in [0, 0.1) is 0 Å². The van der Waals surface area contributed by atoms with Crippen molar-refractivity contribution in [3.05, 3.63) is 53.7 Å². The number of rotatable bonds is 4. The number of aldehydes is 1. The first-order valence-electron chi connectivity index (χ1n) is 7.35. The Morgan fingerprint density at radius 2 is 2.04 bits per heavy atom. The summed E-state index contributed by atoms with van der Waals surface area (Å²) in [6, 6.07) is 11.2. The van der Waals surface area contributed by atoms with E-state index in [2.05, 4.69) is 10.3 Å². The van der Waals surface area contributed by atoms with Gasteiger partial charge < -0.3 is 10.1 Å². The molecule has 0 bridgehead atoms. The van der Waals surface area contributed by atoms with Crippen LogP contribution in [-0.4, -0.2) is 23.0 Å². The van der Waals surface area contributed by atoms with Crippen molar-refractivity contribution in [1.82, 2.24) is 10.3 Å². The molecule has 0 radical (unpaired) electrons. The number of carbonyl (C=O) groups is 2. The Hall–Kier alpha value is -2.69. The van der Waals surface area contributed by atoms with Crippen molar-refractivity contribution in [1.29, 1.82) is 0 Å². The third kappa shape index (κ3) is 5.21. The second-order valence-electron chi connectivity index (χ2n) is 6.15. The first-order chi connectivity index (χ1) is 10.9. The Balaban J connectivity index is 2.04. The van der Waals surface area contributed by atoms with Crippen molar-refractivity contribution in [2.45, 2.75) is 32.9 Å². The molecule has 0 unspecified atom stereocenters. The highest BCUT2D eigenvalue weighted by atomic mass is 16.6. The molecular formula is C18H20N2O3. The number of carbonyl (C=O) groups excluding carboxylic acids is 2. The van der Waals surface area contributed by atoms with E-state index in [1.807, 2.05) is 45.0 Å². The van der Waals surface area contributed by atoms with Gasteiger partial charge in [0.2, 0.25) is 0 Å². The van der Waals surface area contributed by atoms with Gasteiger partial charge in [-0.15, -0.1) is 0 Å². The van der Waals surface area contributed by atoms with Crippen LogP contribution in [0.4, 0.5) is 4.79 Å². The van der Waals surface area contributed by atoms with Crippen LogP contribution in [0.3, 0.4) is 0 Å². The van der Waals surface area contributed by atoms with Crippen LogP contribution in [0.1, 0.15) is 36.7 Å². The number of alkyl carbamates (subject to hydrolysis) is 1. The average molecular weight is 312 g/mol. The molecule has 0 saturated heterocycles. The molecule has 0 aliphatic heterocycles. The Morgan fingerprint density at radius 1 is 1.26 bits per heavy atom. The van der Waals surface area contributed by atoms with Gasteiger partial charge in [-0.25, -0.2) is 4.79 Å². The summed E-state index contributed by atoms with van der Waals surface area (Å²) in [6.45, 7) is 5.83. The maximum absolute atomic E-state index is 11.7. The van der Waals surface area contributed by atoms with Crippen LogP contribution >= 0.6 is 0 Å². The highest BCUT2D eigenvalue weighted by Gasteiger charge is 2.15. The zero-order valence-corrected chi connectivity index (χ0v) is 13.5. The number of benzene rings is 1. The Bertz CT molecular complexity index is 688. The minimum absolute atomic E-state index is 0.370. The van der Waals surface area contributed by atoms with E-state index in [0.29, 0.717) is 12.1 Å². The van der Waals surface area contributed by atoms with Crippen LogP contribution in [0.2, 0.25) is 0 Å². The third-order valence-electron chi connectivity index (χ3n) is 2.98. The summed E-state index contributed by atoms with van der Waals surface area (Å²) in [5.41, 5.74) is 2.66. The van der Waals surface area contributed by atoms with Gasteiger partial charge in [-0.2, -0.15) is 0 Å². The molecule has 1 heterocycles. The van der Waals surface area contributed by atoms with Gasteiger partial charge in [0.1, 0.15) is 5.60 Å². The topological polar surface area (TPSA) is 68.3 Å². The van der Waals surface area contributed by atoms with Crippen molar-refractivity contribution in [3.8, 4) is 11.3 Å². The first kappa shape index (κ1) is 16.7. The molecule has 120 valence electrons. The Morgan fingerprint density at radius 3 is 2.65 bits per heavy atom. The third-order valence-corrected chi connectivity index (χ3v) is 2.98. The van der Waals surface area contributed by atoms with E-state index in [4.69, 9.17) is 4.74 Å². The number of amides is 1. The van der Waals surface area contributed by atoms with Crippen LogP contribution in [-0.2, 0) is 11.3 Å². The van der Waals surface area contributed by atoms with Gasteiger partial charge in [-0.05, 0) is 44.5 Å². The number of hydrogen-bond acceptors (Lipinski definition) is 4. The molecule has 0 aliphatic rings. The van der Waals surface area contributed by atoms with Crippen LogP contribution < -0.4 is 5.32 Å². The van der Waals surface area contributed by atoms with Gasteiger partial charge in [0, 0.05) is 23.9 Å². The van der Waals surface area contributed by atoms with Crippen molar-refractivity contribution in [3.63, 3.8) is 0 Å². The lowest BCUT2D eigenvalue weighted by Crippen LogP contribution is -2.32. The minimum Gasteiger partial charge on any atom is -0.444 e. The number of nitrogens with zero attached hydrogens (tertiary/aromatic N) is 1. The molecule has 0 fully saturated rings. The second kappa shape index (κ2) is 7.05. The monoisotopic (exact) mass is 312 g/mol. The molecule has 1 aromatic heterocycles. The van der Waals surface area contributed by atoms with E-state index in [-0.39, 0.29) is 0 Å². The molecule has 0 atom stereocenters. The second-order valence-corrected chi connectivity index (χ2v) is 6.15. The average Bonchev–Trinajstić information content (AvgIpc) is 2.52. The fourth-order valence-corrected chi connectivity index (χ4v) is 1.97. The lowest BCUT2D eigenvalue weighted by atomic mass is 10.1. The number of aromatic nitrogens is 1. The fourth-order valence-electron chi connectivity index (χ4n) is 1.97. The predicted octanol–water partition coefficient (Wildman–Crippen LogP) is 3.59. The smallest absolute Gasteiger partial charge is 0.407 e. The minimum atomic E-state index is -0.518. The Labute approximate surface area is 135 Å². The van der Waals surface area contributed by atoms with E-state index in [9.17, 15) is 9.59 Å². The first-order valence-corrected chi connectivity index (χ1v) is 7.35. The number of ether oxygens (including phenoxy) is 1. The summed E-state index contributed by atoms with van der Waals surface area (Å²) in [6.07, 6.45) is 1.85. The molecule has 23 heavy (non-hydrogen) atoms. The van der Waals surface area contributed by atoms with E-state index in [1.165, 1.54) is 6.20 Å². The molecule has 1 N–H and O–H groups in total. The van der Waals surface area contributed by atoms with Crippen LogP contribution in [0.15, 0.2) is 42.6 Å². The summed E-state index contributed by atoms with van der Waals surface area (Å²) in [5, 5.41) is 2.72. The molecule has 1 amide bonds. The molecule has 2 rings (SSSR count). The molecule has 0 saturated carbocycles. The maximum atomic E-state index is 11.7. The van der Waals surface area contributed by atoms with E-state index in [0.717, 1.165) is 23.1 Å². The number of pyridine rings is 1. The summed E-state index contributed by atoms with van der Waals surface area (Å²) in [4.78, 5) is 26.6. The van der Waals surface area contributed by atoms with Crippen molar-refractivity contribution < 1.29 is 14.3 Å². The SMILES string of the molecule is CC(C)(C)OC(=O)NCc1cccc(-c2ccc(C=O)cn2)c1. The van der Waals surface area contributed by atoms with E-state index >= 15 is 0 Å². The van der Waals surface area contributed by atoms with Crippen LogP contribution in [0.5, 0.6) is 0 Å². The van der Waals surface area contributed by atoms with E-state index < -0.39 is 11.7 Å². The molecule has 0 aliphatic carbocycles. The summed E-state index contributed by atoms with van der Waals surface area (Å²) < 4.78 is 5.20. The zero-order chi connectivity index (χ0) is 16.9. The highest BCUT2D eigenvalue weighted by Crippen LogP contribution is 2.18.